The smallest absolute Gasteiger partial charge is 0.259 e. The van der Waals surface area contributed by atoms with Crippen molar-refractivity contribution in [3.8, 4) is 0 Å². The molecule has 0 N–H and O–H groups in total. The van der Waals surface area contributed by atoms with Crippen LogP contribution in [0.15, 0.2) is 0 Å². The molecule has 0 spiro atoms. The Kier molecular flexibility index (Phi) is 4.55. The molecule has 0 aromatic carbocycles. The van der Waals surface area contributed by atoms with Crippen molar-refractivity contribution >= 4 is 12.2 Å². The molecule has 5 heteroatoms. The first kappa shape index (κ1) is 11.1. The lowest BCUT2D eigenvalue weighted by molar-refractivity contribution is -0.147. The molecular formula is C9H15N2O3. The zero-order chi connectivity index (χ0) is 10.4. The van der Waals surface area contributed by atoms with E-state index in [0.717, 1.165) is 0 Å². The van der Waals surface area contributed by atoms with Gasteiger partial charge in [-0.1, -0.05) is 0 Å². The first-order valence-corrected chi connectivity index (χ1v) is 4.78. The fourth-order valence-electron chi connectivity index (χ4n) is 1.36. The number of ether oxygens (including phenoxy) is 1. The van der Waals surface area contributed by atoms with Crippen molar-refractivity contribution in [1.82, 2.24) is 10.2 Å². The number of aldehydes is 1. The minimum absolute atomic E-state index is 0.239. The molecule has 1 saturated heterocycles. The highest BCUT2D eigenvalue weighted by Crippen LogP contribution is 2.00. The van der Waals surface area contributed by atoms with Crippen molar-refractivity contribution in [2.24, 2.45) is 0 Å². The van der Waals surface area contributed by atoms with Crippen LogP contribution in [0.5, 0.6) is 0 Å². The van der Waals surface area contributed by atoms with Crippen LogP contribution < -0.4 is 5.32 Å². The second-order valence-corrected chi connectivity index (χ2v) is 3.01. The maximum Gasteiger partial charge on any atom is 0.259 e. The molecule has 1 atom stereocenters. The summed E-state index contributed by atoms with van der Waals surface area (Å²) in [7, 11) is 0. The monoisotopic (exact) mass is 199 g/mol. The third-order valence-electron chi connectivity index (χ3n) is 2.08. The van der Waals surface area contributed by atoms with Crippen molar-refractivity contribution in [2.45, 2.75) is 13.0 Å². The van der Waals surface area contributed by atoms with Crippen LogP contribution in [-0.4, -0.2) is 56.0 Å². The summed E-state index contributed by atoms with van der Waals surface area (Å²) in [5, 5.41) is 4.12. The summed E-state index contributed by atoms with van der Waals surface area (Å²) in [5.74, 6) is -0.239. The second-order valence-electron chi connectivity index (χ2n) is 3.01. The van der Waals surface area contributed by atoms with Crippen LogP contribution in [0.2, 0.25) is 0 Å². The average Bonchev–Trinajstić information content (AvgIpc) is 2.26. The average molecular weight is 199 g/mol. The lowest BCUT2D eigenvalue weighted by Gasteiger charge is -2.28. The van der Waals surface area contributed by atoms with Gasteiger partial charge in [-0.25, -0.2) is 5.32 Å². The molecule has 1 rings (SSSR count). The summed E-state index contributed by atoms with van der Waals surface area (Å²) in [5.41, 5.74) is 0. The summed E-state index contributed by atoms with van der Waals surface area (Å²) in [6, 6.07) is 0. The van der Waals surface area contributed by atoms with E-state index >= 15 is 0 Å². The van der Waals surface area contributed by atoms with Gasteiger partial charge in [0.1, 0.15) is 0 Å². The SMILES string of the molecule is CCOC(C=O)C(=O)N1CC[N]CC1. The molecule has 79 valence electrons. The Morgan fingerprint density at radius 3 is 2.71 bits per heavy atom. The largest absolute Gasteiger partial charge is 0.361 e. The Morgan fingerprint density at radius 1 is 1.57 bits per heavy atom. The summed E-state index contributed by atoms with van der Waals surface area (Å²) >= 11 is 0. The normalized spacial score (nSPS) is 19.1. The number of amides is 1. The fraction of sp³-hybridized carbons (Fsp3) is 0.778. The lowest BCUT2D eigenvalue weighted by atomic mass is 10.3. The molecule has 1 unspecified atom stereocenters. The van der Waals surface area contributed by atoms with E-state index in [1.807, 2.05) is 0 Å². The molecule has 1 aliphatic heterocycles. The Bertz CT molecular complexity index is 202. The number of piperazine rings is 1. The van der Waals surface area contributed by atoms with Gasteiger partial charge >= 0.3 is 0 Å². The molecular weight excluding hydrogens is 184 g/mol. The molecule has 0 aliphatic carbocycles. The highest BCUT2D eigenvalue weighted by molar-refractivity contribution is 5.94. The van der Waals surface area contributed by atoms with E-state index in [4.69, 9.17) is 4.74 Å². The molecule has 1 radical (unpaired) electrons. The molecule has 0 aromatic heterocycles. The Hall–Kier alpha value is -0.940. The Labute approximate surface area is 83.4 Å². The van der Waals surface area contributed by atoms with Gasteiger partial charge in [0, 0.05) is 32.8 Å². The maximum absolute atomic E-state index is 11.6. The van der Waals surface area contributed by atoms with E-state index in [9.17, 15) is 9.59 Å². The zero-order valence-electron chi connectivity index (χ0n) is 8.31. The summed E-state index contributed by atoms with van der Waals surface area (Å²) in [6.45, 7) is 4.63. The van der Waals surface area contributed by atoms with Crippen molar-refractivity contribution in [1.29, 1.82) is 0 Å². The van der Waals surface area contributed by atoms with Crippen LogP contribution in [0.1, 0.15) is 6.92 Å². The van der Waals surface area contributed by atoms with Gasteiger partial charge < -0.3 is 9.64 Å². The van der Waals surface area contributed by atoms with Crippen molar-refractivity contribution < 1.29 is 14.3 Å². The van der Waals surface area contributed by atoms with E-state index in [0.29, 0.717) is 39.1 Å². The predicted molar refractivity (Wildman–Crippen MR) is 49.9 cm³/mol. The van der Waals surface area contributed by atoms with E-state index in [-0.39, 0.29) is 5.91 Å². The maximum atomic E-state index is 11.6. The molecule has 1 fully saturated rings. The molecule has 1 heterocycles. The third-order valence-corrected chi connectivity index (χ3v) is 2.08. The van der Waals surface area contributed by atoms with E-state index in [2.05, 4.69) is 5.32 Å². The first-order valence-electron chi connectivity index (χ1n) is 4.78. The highest BCUT2D eigenvalue weighted by Gasteiger charge is 2.25. The van der Waals surface area contributed by atoms with E-state index in [1.54, 1.807) is 11.8 Å². The van der Waals surface area contributed by atoms with Gasteiger partial charge in [0.2, 0.25) is 0 Å². The van der Waals surface area contributed by atoms with Gasteiger partial charge in [0.05, 0.1) is 0 Å². The van der Waals surface area contributed by atoms with Crippen LogP contribution in [0.25, 0.3) is 0 Å². The van der Waals surface area contributed by atoms with E-state index in [1.165, 1.54) is 0 Å². The quantitative estimate of drug-likeness (QED) is 0.432. The van der Waals surface area contributed by atoms with Crippen LogP contribution in [-0.2, 0) is 14.3 Å². The first-order chi connectivity index (χ1) is 6.79. The zero-order valence-corrected chi connectivity index (χ0v) is 8.31. The second kappa shape index (κ2) is 5.72. The molecule has 0 saturated carbocycles. The minimum atomic E-state index is -0.932. The van der Waals surface area contributed by atoms with Crippen LogP contribution in [0, 0.1) is 0 Å². The Morgan fingerprint density at radius 2 is 2.21 bits per heavy atom. The third kappa shape index (κ3) is 2.78. The number of nitrogens with zero attached hydrogens (tertiary/aromatic N) is 2. The van der Waals surface area contributed by atoms with E-state index < -0.39 is 6.10 Å². The standard InChI is InChI=1S/C9H15N2O3/c1-2-14-8(7-12)9(13)11-5-3-10-4-6-11/h7-8H,2-6H2,1H3. The molecule has 1 aliphatic rings. The van der Waals surface area contributed by atoms with Gasteiger partial charge in [0.15, 0.2) is 12.4 Å². The summed E-state index contributed by atoms with van der Waals surface area (Å²) in [4.78, 5) is 23.9. The number of hydrogen-bond donors (Lipinski definition) is 0. The topological polar surface area (TPSA) is 60.7 Å². The lowest BCUT2D eigenvalue weighted by Crippen LogP contribution is -2.48. The molecule has 5 nitrogen and oxygen atoms in total. The van der Waals surface area contributed by atoms with Crippen molar-refractivity contribution in [3.63, 3.8) is 0 Å². The summed E-state index contributed by atoms with van der Waals surface area (Å²) in [6.07, 6.45) is -0.379. The Balaban J connectivity index is 2.47. The molecule has 0 aromatic rings. The van der Waals surface area contributed by atoms with Gasteiger partial charge in [-0.15, -0.1) is 0 Å². The predicted octanol–water partition coefficient (Wildman–Crippen LogP) is -0.963. The highest BCUT2D eigenvalue weighted by atomic mass is 16.5. The van der Waals surface area contributed by atoms with Gasteiger partial charge in [0.25, 0.3) is 5.91 Å². The fourth-order valence-corrected chi connectivity index (χ4v) is 1.36. The molecule has 1 amide bonds. The number of carbonyl (C=O) groups is 2. The number of hydrogen-bond acceptors (Lipinski definition) is 3. The van der Waals surface area contributed by atoms with Gasteiger partial charge in [-0.2, -0.15) is 0 Å². The molecule has 14 heavy (non-hydrogen) atoms. The summed E-state index contributed by atoms with van der Waals surface area (Å²) < 4.78 is 5.02. The number of rotatable bonds is 4. The minimum Gasteiger partial charge on any atom is -0.361 e. The number of carbonyl (C=O) groups excluding carboxylic acids is 2. The van der Waals surface area contributed by atoms with Crippen molar-refractivity contribution in [2.75, 3.05) is 32.8 Å². The van der Waals surface area contributed by atoms with Gasteiger partial charge in [-0.3, -0.25) is 9.59 Å². The van der Waals surface area contributed by atoms with Crippen LogP contribution in [0.3, 0.4) is 0 Å². The van der Waals surface area contributed by atoms with Gasteiger partial charge in [-0.05, 0) is 6.92 Å². The van der Waals surface area contributed by atoms with Crippen molar-refractivity contribution in [3.05, 3.63) is 0 Å². The van der Waals surface area contributed by atoms with Crippen LogP contribution >= 0.6 is 0 Å². The molecule has 0 bridgehead atoms. The van der Waals surface area contributed by atoms with Crippen LogP contribution in [0.4, 0.5) is 0 Å².